The lowest BCUT2D eigenvalue weighted by Crippen LogP contribution is -2.49. The smallest absolute Gasteiger partial charge is 0.243 e. The number of benzene rings is 3. The van der Waals surface area contributed by atoms with E-state index < -0.39 is 10.0 Å². The lowest BCUT2D eigenvalue weighted by Gasteiger charge is -2.39. The van der Waals surface area contributed by atoms with Crippen LogP contribution in [0.25, 0.3) is 0 Å². The number of ether oxygens (including phenoxy) is 1. The maximum Gasteiger partial charge on any atom is 0.243 e. The first-order valence-corrected chi connectivity index (χ1v) is 11.5. The van der Waals surface area contributed by atoms with Gasteiger partial charge in [-0.05, 0) is 23.3 Å². The second-order valence-corrected chi connectivity index (χ2v) is 9.28. The number of rotatable bonds is 6. The van der Waals surface area contributed by atoms with Crippen LogP contribution in [0.4, 0.5) is 0 Å². The molecule has 0 aromatic heterocycles. The van der Waals surface area contributed by atoms with Crippen molar-refractivity contribution in [1.82, 2.24) is 9.21 Å². The number of hydrogen-bond donors (Lipinski definition) is 0. The van der Waals surface area contributed by atoms with Crippen molar-refractivity contribution in [2.45, 2.75) is 10.9 Å². The molecule has 1 fully saturated rings. The van der Waals surface area contributed by atoms with E-state index in [-0.39, 0.29) is 10.9 Å². The van der Waals surface area contributed by atoms with Gasteiger partial charge in [0.05, 0.1) is 18.0 Å². The number of sulfonamides is 1. The zero-order chi connectivity index (χ0) is 21.0. The summed E-state index contributed by atoms with van der Waals surface area (Å²) in [5.74, 6) is 0.544. The minimum atomic E-state index is -3.55. The number of nitrogens with zero attached hydrogens (tertiary/aromatic N) is 2. The Morgan fingerprint density at radius 1 is 0.767 bits per heavy atom. The van der Waals surface area contributed by atoms with Gasteiger partial charge in [0.2, 0.25) is 10.0 Å². The molecule has 1 heterocycles. The molecule has 4 rings (SSSR count). The van der Waals surface area contributed by atoms with E-state index in [2.05, 4.69) is 53.4 Å². The molecular weight excluding hydrogens is 396 g/mol. The highest BCUT2D eigenvalue weighted by Gasteiger charge is 2.32. The third-order valence-corrected chi connectivity index (χ3v) is 7.44. The molecule has 1 saturated heterocycles. The van der Waals surface area contributed by atoms with E-state index in [9.17, 15) is 8.42 Å². The van der Waals surface area contributed by atoms with Crippen molar-refractivity contribution < 1.29 is 13.2 Å². The molecule has 1 aliphatic heterocycles. The summed E-state index contributed by atoms with van der Waals surface area (Å²) >= 11 is 0. The fourth-order valence-electron chi connectivity index (χ4n) is 4.00. The van der Waals surface area contributed by atoms with Gasteiger partial charge in [-0.25, -0.2) is 8.42 Å². The molecule has 0 unspecified atom stereocenters. The third-order valence-electron chi connectivity index (χ3n) is 5.55. The highest BCUT2D eigenvalue weighted by atomic mass is 32.2. The van der Waals surface area contributed by atoms with E-state index >= 15 is 0 Å². The molecule has 156 valence electrons. The summed E-state index contributed by atoms with van der Waals surface area (Å²) in [7, 11) is -2.01. The first-order valence-electron chi connectivity index (χ1n) is 10.1. The van der Waals surface area contributed by atoms with Crippen molar-refractivity contribution in [3.8, 4) is 5.75 Å². The van der Waals surface area contributed by atoms with Crippen LogP contribution >= 0.6 is 0 Å². The summed E-state index contributed by atoms with van der Waals surface area (Å²) in [6.45, 7) is 2.24. The predicted molar refractivity (Wildman–Crippen MR) is 118 cm³/mol. The van der Waals surface area contributed by atoms with Gasteiger partial charge in [0, 0.05) is 32.2 Å². The van der Waals surface area contributed by atoms with E-state index in [4.69, 9.17) is 4.74 Å². The molecule has 0 spiro atoms. The minimum absolute atomic E-state index is 0.106. The van der Waals surface area contributed by atoms with Gasteiger partial charge < -0.3 is 4.74 Å². The van der Waals surface area contributed by atoms with Gasteiger partial charge in [0.1, 0.15) is 5.75 Å². The SMILES string of the molecule is COc1cccc(S(=O)(=O)N2CCN(C(c3ccccc3)c3ccccc3)CC2)c1. The van der Waals surface area contributed by atoms with Crippen molar-refractivity contribution in [1.29, 1.82) is 0 Å². The Kier molecular flexibility index (Phi) is 6.18. The zero-order valence-corrected chi connectivity index (χ0v) is 17.8. The summed E-state index contributed by atoms with van der Waals surface area (Å²) in [6, 6.07) is 27.6. The van der Waals surface area contributed by atoms with Gasteiger partial charge in [0.25, 0.3) is 0 Å². The van der Waals surface area contributed by atoms with E-state index in [1.807, 2.05) is 12.1 Å². The Balaban J connectivity index is 1.55. The standard InChI is InChI=1S/C24H26N2O3S/c1-29-22-13-8-14-23(19-22)30(27,28)26-17-15-25(16-18-26)24(20-9-4-2-5-10-20)21-11-6-3-7-12-21/h2-14,19,24H,15-18H2,1H3. The molecule has 3 aromatic rings. The highest BCUT2D eigenvalue weighted by Crippen LogP contribution is 2.30. The molecule has 0 N–H and O–H groups in total. The average Bonchev–Trinajstić information content (AvgIpc) is 2.81. The Morgan fingerprint density at radius 3 is 1.87 bits per heavy atom. The van der Waals surface area contributed by atoms with Crippen molar-refractivity contribution in [2.75, 3.05) is 33.3 Å². The van der Waals surface area contributed by atoms with Crippen LogP contribution < -0.4 is 4.74 Å². The molecule has 5 nitrogen and oxygen atoms in total. The van der Waals surface area contributed by atoms with Gasteiger partial charge in [0.15, 0.2) is 0 Å². The highest BCUT2D eigenvalue weighted by molar-refractivity contribution is 7.89. The van der Waals surface area contributed by atoms with E-state index in [0.717, 1.165) is 0 Å². The molecule has 0 radical (unpaired) electrons. The second kappa shape index (κ2) is 9.00. The van der Waals surface area contributed by atoms with Crippen LogP contribution in [0.1, 0.15) is 17.2 Å². The Bertz CT molecular complexity index is 1020. The maximum atomic E-state index is 13.1. The predicted octanol–water partition coefficient (Wildman–Crippen LogP) is 3.79. The van der Waals surface area contributed by atoms with Crippen molar-refractivity contribution in [2.24, 2.45) is 0 Å². The third kappa shape index (κ3) is 4.26. The minimum Gasteiger partial charge on any atom is -0.497 e. The molecule has 0 aliphatic carbocycles. The molecular formula is C24H26N2O3S. The van der Waals surface area contributed by atoms with Crippen LogP contribution in [0, 0.1) is 0 Å². The molecule has 0 amide bonds. The van der Waals surface area contributed by atoms with Crippen LogP contribution in [0.5, 0.6) is 5.75 Å². The molecule has 1 aliphatic rings. The summed E-state index contributed by atoms with van der Waals surface area (Å²) in [5.41, 5.74) is 2.43. The summed E-state index contributed by atoms with van der Waals surface area (Å²) in [5, 5.41) is 0. The fraction of sp³-hybridized carbons (Fsp3) is 0.250. The normalized spacial score (nSPS) is 15.9. The molecule has 30 heavy (non-hydrogen) atoms. The Labute approximate surface area is 178 Å². The summed E-state index contributed by atoms with van der Waals surface area (Å²) in [6.07, 6.45) is 0. The molecule has 3 aromatic carbocycles. The number of piperazine rings is 1. The van der Waals surface area contributed by atoms with Crippen LogP contribution in [0.3, 0.4) is 0 Å². The first kappa shape index (κ1) is 20.6. The van der Waals surface area contributed by atoms with Crippen LogP contribution in [-0.4, -0.2) is 50.9 Å². The maximum absolute atomic E-state index is 13.1. The van der Waals surface area contributed by atoms with Gasteiger partial charge in [-0.2, -0.15) is 4.31 Å². The van der Waals surface area contributed by atoms with Gasteiger partial charge >= 0.3 is 0 Å². The molecule has 0 atom stereocenters. The first-order chi connectivity index (χ1) is 14.6. The Hall–Kier alpha value is -2.67. The number of hydrogen-bond acceptors (Lipinski definition) is 4. The van der Waals surface area contributed by atoms with Crippen molar-refractivity contribution in [3.05, 3.63) is 96.1 Å². The van der Waals surface area contributed by atoms with Crippen LogP contribution in [-0.2, 0) is 10.0 Å². The van der Waals surface area contributed by atoms with Gasteiger partial charge in [-0.1, -0.05) is 66.7 Å². The zero-order valence-electron chi connectivity index (χ0n) is 17.0. The lowest BCUT2D eigenvalue weighted by molar-refractivity contribution is 0.156. The van der Waals surface area contributed by atoms with Crippen molar-refractivity contribution >= 4 is 10.0 Å². The summed E-state index contributed by atoms with van der Waals surface area (Å²) in [4.78, 5) is 2.64. The van der Waals surface area contributed by atoms with Crippen LogP contribution in [0.2, 0.25) is 0 Å². The Morgan fingerprint density at radius 2 is 1.33 bits per heavy atom. The van der Waals surface area contributed by atoms with E-state index in [1.54, 1.807) is 28.6 Å². The molecule has 6 heteroatoms. The topological polar surface area (TPSA) is 49.9 Å². The molecule has 0 bridgehead atoms. The monoisotopic (exact) mass is 422 g/mol. The lowest BCUT2D eigenvalue weighted by atomic mass is 9.96. The van der Waals surface area contributed by atoms with E-state index in [0.29, 0.717) is 31.9 Å². The van der Waals surface area contributed by atoms with Gasteiger partial charge in [-0.3, -0.25) is 4.90 Å². The van der Waals surface area contributed by atoms with E-state index in [1.165, 1.54) is 18.2 Å². The van der Waals surface area contributed by atoms with Crippen LogP contribution in [0.15, 0.2) is 89.8 Å². The van der Waals surface area contributed by atoms with Gasteiger partial charge in [-0.15, -0.1) is 0 Å². The average molecular weight is 423 g/mol. The second-order valence-electron chi connectivity index (χ2n) is 7.34. The summed E-state index contributed by atoms with van der Waals surface area (Å²) < 4.78 is 33.0. The number of methoxy groups -OCH3 is 1. The fourth-order valence-corrected chi connectivity index (χ4v) is 5.46. The quantitative estimate of drug-likeness (QED) is 0.607. The van der Waals surface area contributed by atoms with Crippen molar-refractivity contribution in [3.63, 3.8) is 0 Å². The molecule has 0 saturated carbocycles. The largest absolute Gasteiger partial charge is 0.497 e.